The maximum absolute atomic E-state index is 13.9. The second-order valence-electron chi connectivity index (χ2n) is 6.69. The number of likely N-dealkylation sites (tertiary alicyclic amines) is 1. The van der Waals surface area contributed by atoms with E-state index in [4.69, 9.17) is 0 Å². The number of rotatable bonds is 4. The Hall–Kier alpha value is -2.93. The number of H-pyrrole nitrogens is 1. The zero-order chi connectivity index (χ0) is 18.8. The first kappa shape index (κ1) is 17.5. The van der Waals surface area contributed by atoms with Crippen molar-refractivity contribution in [3.05, 3.63) is 82.2 Å². The third-order valence-electron chi connectivity index (χ3n) is 4.80. The number of aromatic nitrogens is 3. The van der Waals surface area contributed by atoms with Gasteiger partial charge in [-0.05, 0) is 31.2 Å². The van der Waals surface area contributed by atoms with Crippen LogP contribution < -0.4 is 5.56 Å². The lowest BCUT2D eigenvalue weighted by atomic mass is 10.1. The van der Waals surface area contributed by atoms with Crippen LogP contribution in [0.25, 0.3) is 11.3 Å². The molecule has 5 nitrogen and oxygen atoms in total. The van der Waals surface area contributed by atoms with Crippen molar-refractivity contribution in [2.75, 3.05) is 13.1 Å². The molecule has 4 rings (SSSR count). The summed E-state index contributed by atoms with van der Waals surface area (Å²) in [5, 5.41) is 0. The molecule has 3 aromatic rings. The fraction of sp³-hybridized carbons (Fsp3) is 0.250. The molecule has 0 spiro atoms. The summed E-state index contributed by atoms with van der Waals surface area (Å²) in [6.45, 7) is 1.67. The molecule has 1 fully saturated rings. The van der Waals surface area contributed by atoms with Crippen molar-refractivity contribution in [2.45, 2.75) is 18.9 Å². The first-order valence-corrected chi connectivity index (χ1v) is 8.77. The van der Waals surface area contributed by atoms with Crippen molar-refractivity contribution >= 4 is 0 Å². The topological polar surface area (TPSA) is 61.9 Å². The average molecular weight is 368 g/mol. The molecule has 1 N–H and O–H groups in total. The Kier molecular flexibility index (Phi) is 4.77. The summed E-state index contributed by atoms with van der Waals surface area (Å²) >= 11 is 0. The van der Waals surface area contributed by atoms with Crippen LogP contribution in [0, 0.1) is 11.6 Å². The standard InChI is InChI=1S/C20H18F2N4O/c21-16-5-1-3-14(19(16)22)11-26-8-6-15(12-26)20-24-17(9-18(27)25-20)13-4-2-7-23-10-13/h1-5,7,9-10,15H,6,8,11-12H2,(H,24,25,27)/t15-/m0/s1. The van der Waals surface area contributed by atoms with Gasteiger partial charge in [-0.3, -0.25) is 14.7 Å². The van der Waals surface area contributed by atoms with E-state index in [1.54, 1.807) is 24.5 Å². The minimum atomic E-state index is -0.835. The summed E-state index contributed by atoms with van der Waals surface area (Å²) in [6, 6.07) is 9.32. The lowest BCUT2D eigenvalue weighted by Gasteiger charge is -2.16. The first-order valence-electron chi connectivity index (χ1n) is 8.77. The van der Waals surface area contributed by atoms with E-state index < -0.39 is 11.6 Å². The highest BCUT2D eigenvalue weighted by Gasteiger charge is 2.27. The molecule has 2 aromatic heterocycles. The number of aromatic amines is 1. The SMILES string of the molecule is O=c1cc(-c2cccnc2)nc([C@H]2CCN(Cc3cccc(F)c3F)C2)[nH]1. The predicted molar refractivity (Wildman–Crippen MR) is 97.1 cm³/mol. The highest BCUT2D eigenvalue weighted by Crippen LogP contribution is 2.27. The molecule has 0 unspecified atom stereocenters. The number of halogens is 2. The van der Waals surface area contributed by atoms with Crippen LogP contribution in [-0.2, 0) is 6.54 Å². The molecule has 1 saturated heterocycles. The fourth-order valence-electron chi connectivity index (χ4n) is 3.44. The highest BCUT2D eigenvalue weighted by atomic mass is 19.2. The van der Waals surface area contributed by atoms with Gasteiger partial charge in [0.05, 0.1) is 5.69 Å². The van der Waals surface area contributed by atoms with Crippen molar-refractivity contribution in [3.63, 3.8) is 0 Å². The number of benzene rings is 1. The van der Waals surface area contributed by atoms with Crippen LogP contribution in [-0.4, -0.2) is 32.9 Å². The number of nitrogens with one attached hydrogen (secondary N) is 1. The maximum Gasteiger partial charge on any atom is 0.251 e. The molecule has 7 heteroatoms. The summed E-state index contributed by atoms with van der Waals surface area (Å²) < 4.78 is 27.3. The van der Waals surface area contributed by atoms with Crippen molar-refractivity contribution in [1.29, 1.82) is 0 Å². The summed E-state index contributed by atoms with van der Waals surface area (Å²) in [7, 11) is 0. The van der Waals surface area contributed by atoms with E-state index in [9.17, 15) is 13.6 Å². The molecule has 138 valence electrons. The molecule has 0 amide bonds. The van der Waals surface area contributed by atoms with Crippen molar-refractivity contribution in [3.8, 4) is 11.3 Å². The van der Waals surface area contributed by atoms with Gasteiger partial charge in [-0.15, -0.1) is 0 Å². The minimum Gasteiger partial charge on any atom is -0.310 e. The van der Waals surface area contributed by atoms with E-state index in [2.05, 4.69) is 15.0 Å². The van der Waals surface area contributed by atoms with Crippen molar-refractivity contribution < 1.29 is 8.78 Å². The van der Waals surface area contributed by atoms with E-state index in [1.165, 1.54) is 12.1 Å². The van der Waals surface area contributed by atoms with Crippen LogP contribution in [0.3, 0.4) is 0 Å². The van der Waals surface area contributed by atoms with E-state index in [0.717, 1.165) is 24.6 Å². The molecule has 1 aliphatic rings. The number of nitrogens with zero attached hydrogens (tertiary/aromatic N) is 3. The van der Waals surface area contributed by atoms with Crippen LogP contribution in [0.2, 0.25) is 0 Å². The Bertz CT molecular complexity index is 1010. The molecule has 1 aromatic carbocycles. The van der Waals surface area contributed by atoms with E-state index in [1.807, 2.05) is 11.0 Å². The third kappa shape index (κ3) is 3.78. The van der Waals surface area contributed by atoms with E-state index in [0.29, 0.717) is 30.2 Å². The Balaban J connectivity index is 1.53. The van der Waals surface area contributed by atoms with Crippen LogP contribution >= 0.6 is 0 Å². The first-order chi connectivity index (χ1) is 13.1. The van der Waals surface area contributed by atoms with Gasteiger partial charge in [0, 0.05) is 48.6 Å². The lowest BCUT2D eigenvalue weighted by molar-refractivity contribution is 0.317. The Morgan fingerprint density at radius 1 is 1.22 bits per heavy atom. The molecular formula is C20H18F2N4O. The average Bonchev–Trinajstić information content (AvgIpc) is 3.14. The van der Waals surface area contributed by atoms with Crippen LogP contribution in [0.1, 0.15) is 23.7 Å². The van der Waals surface area contributed by atoms with Crippen LogP contribution in [0.4, 0.5) is 8.78 Å². The largest absolute Gasteiger partial charge is 0.310 e. The van der Waals surface area contributed by atoms with Gasteiger partial charge in [0.2, 0.25) is 0 Å². The van der Waals surface area contributed by atoms with Crippen molar-refractivity contribution in [2.24, 2.45) is 0 Å². The molecule has 1 atom stereocenters. The molecule has 0 bridgehead atoms. The molecule has 0 radical (unpaired) electrons. The molecule has 3 heterocycles. The number of pyridine rings is 1. The van der Waals surface area contributed by atoms with Gasteiger partial charge >= 0.3 is 0 Å². The van der Waals surface area contributed by atoms with Crippen molar-refractivity contribution in [1.82, 2.24) is 19.9 Å². The Morgan fingerprint density at radius 2 is 2.11 bits per heavy atom. The number of hydrogen-bond acceptors (Lipinski definition) is 4. The molecule has 27 heavy (non-hydrogen) atoms. The van der Waals surface area contributed by atoms with Gasteiger partial charge in [-0.25, -0.2) is 13.8 Å². The highest BCUT2D eigenvalue weighted by molar-refractivity contribution is 5.56. The van der Waals surface area contributed by atoms with Crippen LogP contribution in [0.5, 0.6) is 0 Å². The monoisotopic (exact) mass is 368 g/mol. The zero-order valence-electron chi connectivity index (χ0n) is 14.5. The Labute approximate surface area is 154 Å². The molecular weight excluding hydrogens is 350 g/mol. The van der Waals surface area contributed by atoms with E-state index >= 15 is 0 Å². The smallest absolute Gasteiger partial charge is 0.251 e. The summed E-state index contributed by atoms with van der Waals surface area (Å²) in [4.78, 5) is 25.6. The summed E-state index contributed by atoms with van der Waals surface area (Å²) in [6.07, 6.45) is 4.12. The minimum absolute atomic E-state index is 0.0333. The Morgan fingerprint density at radius 3 is 2.93 bits per heavy atom. The quantitative estimate of drug-likeness (QED) is 0.769. The maximum atomic E-state index is 13.9. The number of hydrogen-bond donors (Lipinski definition) is 1. The van der Waals surface area contributed by atoms with Gasteiger partial charge in [0.15, 0.2) is 11.6 Å². The third-order valence-corrected chi connectivity index (χ3v) is 4.80. The van der Waals surface area contributed by atoms with Gasteiger partial charge in [-0.1, -0.05) is 12.1 Å². The molecule has 0 saturated carbocycles. The second kappa shape index (κ2) is 7.36. The summed E-state index contributed by atoms with van der Waals surface area (Å²) in [5.74, 6) is -0.987. The van der Waals surface area contributed by atoms with Gasteiger partial charge in [0.1, 0.15) is 5.82 Å². The normalized spacial score (nSPS) is 17.3. The predicted octanol–water partition coefficient (Wildman–Crippen LogP) is 3.10. The fourth-order valence-corrected chi connectivity index (χ4v) is 3.44. The van der Waals surface area contributed by atoms with Gasteiger partial charge in [-0.2, -0.15) is 0 Å². The zero-order valence-corrected chi connectivity index (χ0v) is 14.5. The summed E-state index contributed by atoms with van der Waals surface area (Å²) in [5.41, 5.74) is 1.48. The molecule has 0 aliphatic carbocycles. The van der Waals surface area contributed by atoms with Crippen LogP contribution in [0.15, 0.2) is 53.6 Å². The van der Waals surface area contributed by atoms with Gasteiger partial charge in [0.25, 0.3) is 5.56 Å². The van der Waals surface area contributed by atoms with E-state index in [-0.39, 0.29) is 11.5 Å². The lowest BCUT2D eigenvalue weighted by Crippen LogP contribution is -2.22. The molecule has 1 aliphatic heterocycles. The second-order valence-corrected chi connectivity index (χ2v) is 6.69. The van der Waals surface area contributed by atoms with Gasteiger partial charge < -0.3 is 4.98 Å².